The number of fused-ring (bicyclic) bond motifs is 1. The zero-order valence-electron chi connectivity index (χ0n) is 16.3. The van der Waals surface area contributed by atoms with Crippen molar-refractivity contribution in [2.75, 3.05) is 40.0 Å². The van der Waals surface area contributed by atoms with Gasteiger partial charge in [-0.25, -0.2) is 0 Å². The van der Waals surface area contributed by atoms with Crippen LogP contribution in [0.4, 0.5) is 0 Å². The molecule has 4 rings (SSSR count). The van der Waals surface area contributed by atoms with Crippen LogP contribution in [0, 0.1) is 0 Å². The predicted octanol–water partition coefficient (Wildman–Crippen LogP) is 3.46. The standard InChI is InChI=1S/C23H23NO5/c1-27-17-6-7-22(25)21(13-17)20-14-18(12-16-4-2-3-5-19(16)20)29-15-23(26)24-8-10-28-11-9-24/h2-7,12-14,25H,8-11,15H2,1H3. The number of hydrogen-bond donors (Lipinski definition) is 1. The quantitative estimate of drug-likeness (QED) is 0.719. The molecule has 6 nitrogen and oxygen atoms in total. The SMILES string of the molecule is COc1ccc(O)c(-c2cc(OCC(=O)N3CCOCC3)cc3ccccc23)c1. The van der Waals surface area contributed by atoms with E-state index in [9.17, 15) is 9.90 Å². The molecule has 0 unspecified atom stereocenters. The number of methoxy groups -OCH3 is 1. The van der Waals surface area contributed by atoms with E-state index in [0.29, 0.717) is 43.4 Å². The van der Waals surface area contributed by atoms with Crippen LogP contribution >= 0.6 is 0 Å². The van der Waals surface area contributed by atoms with Crippen LogP contribution < -0.4 is 9.47 Å². The number of aromatic hydroxyl groups is 1. The van der Waals surface area contributed by atoms with Crippen LogP contribution in [0.5, 0.6) is 17.2 Å². The van der Waals surface area contributed by atoms with Gasteiger partial charge in [-0.3, -0.25) is 4.79 Å². The van der Waals surface area contributed by atoms with Gasteiger partial charge in [0, 0.05) is 18.7 Å². The van der Waals surface area contributed by atoms with Crippen LogP contribution in [0.2, 0.25) is 0 Å². The van der Waals surface area contributed by atoms with Gasteiger partial charge < -0.3 is 24.2 Å². The number of phenols is 1. The number of amides is 1. The zero-order valence-corrected chi connectivity index (χ0v) is 16.3. The molecule has 1 fully saturated rings. The van der Waals surface area contributed by atoms with E-state index in [1.165, 1.54) is 0 Å². The average Bonchev–Trinajstić information content (AvgIpc) is 2.78. The molecule has 0 bridgehead atoms. The van der Waals surface area contributed by atoms with Crippen molar-refractivity contribution in [3.05, 3.63) is 54.6 Å². The monoisotopic (exact) mass is 393 g/mol. The molecule has 1 aliphatic rings. The van der Waals surface area contributed by atoms with E-state index in [-0.39, 0.29) is 18.3 Å². The van der Waals surface area contributed by atoms with Crippen molar-refractivity contribution in [2.24, 2.45) is 0 Å². The highest BCUT2D eigenvalue weighted by Gasteiger charge is 2.18. The van der Waals surface area contributed by atoms with Crippen molar-refractivity contribution in [3.8, 4) is 28.4 Å². The average molecular weight is 393 g/mol. The number of carbonyl (C=O) groups excluding carboxylic acids is 1. The number of nitrogens with zero attached hydrogens (tertiary/aromatic N) is 1. The Morgan fingerprint density at radius 3 is 2.59 bits per heavy atom. The number of morpholine rings is 1. The first-order chi connectivity index (χ1) is 14.2. The summed E-state index contributed by atoms with van der Waals surface area (Å²) in [5.41, 5.74) is 1.46. The molecule has 0 aromatic heterocycles. The topological polar surface area (TPSA) is 68.2 Å². The molecule has 1 amide bonds. The molecule has 0 saturated carbocycles. The second kappa shape index (κ2) is 8.41. The van der Waals surface area contributed by atoms with E-state index < -0.39 is 0 Å². The summed E-state index contributed by atoms with van der Waals surface area (Å²) in [7, 11) is 1.59. The second-order valence-electron chi connectivity index (χ2n) is 6.86. The molecule has 0 atom stereocenters. The van der Waals surface area contributed by atoms with Gasteiger partial charge in [0.25, 0.3) is 5.91 Å². The van der Waals surface area contributed by atoms with Gasteiger partial charge in [0.1, 0.15) is 17.2 Å². The summed E-state index contributed by atoms with van der Waals surface area (Å²) < 4.78 is 16.4. The third-order valence-electron chi connectivity index (χ3n) is 5.06. The third-order valence-corrected chi connectivity index (χ3v) is 5.06. The highest BCUT2D eigenvalue weighted by molar-refractivity contribution is 5.99. The number of ether oxygens (including phenoxy) is 3. The van der Waals surface area contributed by atoms with Crippen molar-refractivity contribution in [2.45, 2.75) is 0 Å². The van der Waals surface area contributed by atoms with Gasteiger partial charge in [-0.1, -0.05) is 24.3 Å². The highest BCUT2D eigenvalue weighted by Crippen LogP contribution is 2.39. The van der Waals surface area contributed by atoms with E-state index in [1.54, 1.807) is 30.2 Å². The minimum atomic E-state index is -0.0627. The summed E-state index contributed by atoms with van der Waals surface area (Å²) in [5, 5.41) is 12.4. The van der Waals surface area contributed by atoms with Crippen molar-refractivity contribution < 1.29 is 24.1 Å². The fourth-order valence-electron chi connectivity index (χ4n) is 3.50. The Kier molecular flexibility index (Phi) is 5.53. The smallest absolute Gasteiger partial charge is 0.260 e. The molecule has 0 spiro atoms. The van der Waals surface area contributed by atoms with Crippen molar-refractivity contribution in [1.29, 1.82) is 0 Å². The summed E-state index contributed by atoms with van der Waals surface area (Å²) in [4.78, 5) is 14.2. The van der Waals surface area contributed by atoms with Crippen LogP contribution in [-0.4, -0.2) is 55.9 Å². The molecule has 0 radical (unpaired) electrons. The molecule has 150 valence electrons. The molecule has 1 heterocycles. The Morgan fingerprint density at radius 2 is 1.79 bits per heavy atom. The summed E-state index contributed by atoms with van der Waals surface area (Å²) >= 11 is 0. The van der Waals surface area contributed by atoms with Gasteiger partial charge in [-0.05, 0) is 46.7 Å². The van der Waals surface area contributed by atoms with Crippen molar-refractivity contribution >= 4 is 16.7 Å². The minimum Gasteiger partial charge on any atom is -0.507 e. The lowest BCUT2D eigenvalue weighted by Gasteiger charge is -2.26. The molecular formula is C23H23NO5. The zero-order chi connectivity index (χ0) is 20.2. The molecule has 0 aliphatic carbocycles. The minimum absolute atomic E-state index is 0.0398. The lowest BCUT2D eigenvalue weighted by Crippen LogP contribution is -2.42. The van der Waals surface area contributed by atoms with Crippen molar-refractivity contribution in [1.82, 2.24) is 4.90 Å². The molecule has 3 aromatic carbocycles. The van der Waals surface area contributed by atoms with Crippen LogP contribution in [0.1, 0.15) is 0 Å². The highest BCUT2D eigenvalue weighted by atomic mass is 16.5. The van der Waals surface area contributed by atoms with Gasteiger partial charge in [-0.15, -0.1) is 0 Å². The number of benzene rings is 3. The molecule has 1 saturated heterocycles. The molecule has 6 heteroatoms. The van der Waals surface area contributed by atoms with E-state index in [4.69, 9.17) is 14.2 Å². The fourth-order valence-corrected chi connectivity index (χ4v) is 3.50. The first kappa shape index (κ1) is 19.1. The van der Waals surface area contributed by atoms with E-state index in [2.05, 4.69) is 0 Å². The van der Waals surface area contributed by atoms with Crippen LogP contribution in [0.25, 0.3) is 21.9 Å². The summed E-state index contributed by atoms with van der Waals surface area (Å²) in [6.45, 7) is 2.25. The van der Waals surface area contributed by atoms with Gasteiger partial charge in [0.05, 0.1) is 20.3 Å². The van der Waals surface area contributed by atoms with Crippen LogP contribution in [0.15, 0.2) is 54.6 Å². The van der Waals surface area contributed by atoms with E-state index >= 15 is 0 Å². The number of carbonyl (C=O) groups is 1. The normalized spacial score (nSPS) is 14.0. The molecule has 29 heavy (non-hydrogen) atoms. The number of hydrogen-bond acceptors (Lipinski definition) is 5. The third kappa shape index (κ3) is 4.12. The molecule has 1 N–H and O–H groups in total. The largest absolute Gasteiger partial charge is 0.507 e. The lowest BCUT2D eigenvalue weighted by molar-refractivity contribution is -0.137. The maximum Gasteiger partial charge on any atom is 0.260 e. The van der Waals surface area contributed by atoms with Gasteiger partial charge >= 0.3 is 0 Å². The molecule has 1 aliphatic heterocycles. The van der Waals surface area contributed by atoms with Crippen LogP contribution in [-0.2, 0) is 9.53 Å². The summed E-state index contributed by atoms with van der Waals surface area (Å²) in [6, 6.07) is 16.7. The first-order valence-corrected chi connectivity index (χ1v) is 9.54. The maximum atomic E-state index is 12.4. The fraction of sp³-hybridized carbons (Fsp3) is 0.261. The predicted molar refractivity (Wildman–Crippen MR) is 110 cm³/mol. The summed E-state index contributed by atoms with van der Waals surface area (Å²) in [5.74, 6) is 1.31. The Bertz CT molecular complexity index is 1030. The summed E-state index contributed by atoms with van der Waals surface area (Å²) in [6.07, 6.45) is 0. The maximum absolute atomic E-state index is 12.4. The second-order valence-corrected chi connectivity index (χ2v) is 6.86. The Labute approximate surface area is 169 Å². The Hall–Kier alpha value is -3.25. The first-order valence-electron chi connectivity index (χ1n) is 9.54. The van der Waals surface area contributed by atoms with Gasteiger partial charge in [-0.2, -0.15) is 0 Å². The molecular weight excluding hydrogens is 370 g/mol. The Balaban J connectivity index is 1.67. The number of phenolic OH excluding ortho intramolecular Hbond substituents is 1. The number of rotatable bonds is 5. The van der Waals surface area contributed by atoms with E-state index in [0.717, 1.165) is 16.3 Å². The van der Waals surface area contributed by atoms with E-state index in [1.807, 2.05) is 36.4 Å². The van der Waals surface area contributed by atoms with Gasteiger partial charge in [0.15, 0.2) is 6.61 Å². The van der Waals surface area contributed by atoms with Gasteiger partial charge in [0.2, 0.25) is 0 Å². The van der Waals surface area contributed by atoms with Crippen molar-refractivity contribution in [3.63, 3.8) is 0 Å². The van der Waals surface area contributed by atoms with Crippen LogP contribution in [0.3, 0.4) is 0 Å². The molecule has 3 aromatic rings. The lowest BCUT2D eigenvalue weighted by atomic mass is 9.97. The Morgan fingerprint density at radius 1 is 1.03 bits per heavy atom.